The second kappa shape index (κ2) is 6.74. The number of carbonyl (C=O) groups excluding carboxylic acids is 1. The van der Waals surface area contributed by atoms with Crippen molar-refractivity contribution in [2.45, 2.75) is 6.92 Å². The van der Waals surface area contributed by atoms with Crippen LogP contribution in [0.4, 0.5) is 22.1 Å². The maximum atomic E-state index is 11.6. The van der Waals surface area contributed by atoms with E-state index in [0.29, 0.717) is 12.4 Å². The summed E-state index contributed by atoms with van der Waals surface area (Å²) in [7, 11) is 0. The van der Waals surface area contributed by atoms with Crippen LogP contribution in [-0.4, -0.2) is 22.5 Å². The van der Waals surface area contributed by atoms with Gasteiger partial charge in [0.2, 0.25) is 0 Å². The number of aromatic nitrogens is 2. The van der Waals surface area contributed by atoms with Crippen molar-refractivity contribution in [1.82, 2.24) is 15.3 Å². The number of amides is 2. The molecular formula is C17H17N5O. The lowest BCUT2D eigenvalue weighted by Gasteiger charge is -2.10. The van der Waals surface area contributed by atoms with Crippen LogP contribution in [0.1, 0.15) is 6.92 Å². The van der Waals surface area contributed by atoms with Crippen LogP contribution in [0.2, 0.25) is 0 Å². The molecule has 0 radical (unpaired) electrons. The second-order valence-corrected chi connectivity index (χ2v) is 4.92. The molecule has 3 aromatic rings. The molecule has 3 N–H and O–H groups in total. The van der Waals surface area contributed by atoms with E-state index in [1.165, 1.54) is 0 Å². The number of nitrogens with zero attached hydrogens (tertiary/aromatic N) is 2. The minimum absolute atomic E-state index is 0.262. The van der Waals surface area contributed by atoms with Gasteiger partial charge < -0.3 is 10.6 Å². The zero-order valence-electron chi connectivity index (χ0n) is 12.7. The summed E-state index contributed by atoms with van der Waals surface area (Å²) in [5.74, 6) is 1.28. The smallest absolute Gasteiger partial charge is 0.320 e. The molecule has 0 fully saturated rings. The van der Waals surface area contributed by atoms with Crippen molar-refractivity contribution in [2.24, 2.45) is 0 Å². The van der Waals surface area contributed by atoms with Gasteiger partial charge in [-0.25, -0.2) is 14.8 Å². The lowest BCUT2D eigenvalue weighted by Crippen LogP contribution is -2.28. The molecule has 0 saturated carbocycles. The van der Waals surface area contributed by atoms with E-state index in [1.54, 1.807) is 12.4 Å². The van der Waals surface area contributed by atoms with Crippen LogP contribution in [0.25, 0.3) is 10.8 Å². The molecule has 116 valence electrons. The van der Waals surface area contributed by atoms with Crippen molar-refractivity contribution >= 4 is 34.1 Å². The molecule has 6 nitrogen and oxygen atoms in total. The Balaban J connectivity index is 1.88. The first-order chi connectivity index (χ1) is 11.3. The zero-order chi connectivity index (χ0) is 16.1. The highest BCUT2D eigenvalue weighted by molar-refractivity contribution is 5.97. The number of hydrogen-bond donors (Lipinski definition) is 3. The van der Waals surface area contributed by atoms with E-state index in [4.69, 9.17) is 0 Å². The van der Waals surface area contributed by atoms with Crippen LogP contribution in [0.3, 0.4) is 0 Å². The summed E-state index contributed by atoms with van der Waals surface area (Å²) in [6, 6.07) is 13.2. The monoisotopic (exact) mass is 307 g/mol. The van der Waals surface area contributed by atoms with Crippen LogP contribution in [-0.2, 0) is 0 Å². The van der Waals surface area contributed by atoms with Gasteiger partial charge in [-0.1, -0.05) is 18.2 Å². The van der Waals surface area contributed by atoms with Gasteiger partial charge in [-0.2, -0.15) is 0 Å². The molecule has 2 aromatic heterocycles. The molecule has 0 spiro atoms. The molecule has 0 saturated heterocycles. The fraction of sp³-hybridized carbons (Fsp3) is 0.118. The molecule has 3 rings (SSSR count). The summed E-state index contributed by atoms with van der Waals surface area (Å²) in [5, 5.41) is 10.6. The van der Waals surface area contributed by atoms with E-state index >= 15 is 0 Å². The largest absolute Gasteiger partial charge is 0.340 e. The van der Waals surface area contributed by atoms with Crippen molar-refractivity contribution in [1.29, 1.82) is 0 Å². The minimum Gasteiger partial charge on any atom is -0.340 e. The topological polar surface area (TPSA) is 78.9 Å². The number of nitrogens with one attached hydrogen (secondary N) is 3. The van der Waals surface area contributed by atoms with E-state index in [1.807, 2.05) is 49.4 Å². The first kappa shape index (κ1) is 14.8. The predicted octanol–water partition coefficient (Wildman–Crippen LogP) is 3.51. The lowest BCUT2D eigenvalue weighted by molar-refractivity contribution is 0.252. The van der Waals surface area contributed by atoms with Crippen molar-refractivity contribution in [3.63, 3.8) is 0 Å². The Morgan fingerprint density at radius 2 is 2.00 bits per heavy atom. The van der Waals surface area contributed by atoms with E-state index in [9.17, 15) is 4.79 Å². The third-order valence-electron chi connectivity index (χ3n) is 3.27. The Kier molecular flexibility index (Phi) is 4.33. The van der Waals surface area contributed by atoms with Gasteiger partial charge >= 0.3 is 6.03 Å². The van der Waals surface area contributed by atoms with E-state index in [-0.39, 0.29) is 6.03 Å². The number of fused-ring (bicyclic) bond motifs is 1. The molecule has 0 atom stereocenters. The average Bonchev–Trinajstić information content (AvgIpc) is 2.56. The second-order valence-electron chi connectivity index (χ2n) is 4.92. The maximum absolute atomic E-state index is 11.6. The van der Waals surface area contributed by atoms with Crippen LogP contribution in [0.5, 0.6) is 0 Å². The molecule has 23 heavy (non-hydrogen) atoms. The summed E-state index contributed by atoms with van der Waals surface area (Å²) in [5.41, 5.74) is 0.915. The van der Waals surface area contributed by atoms with Crippen LogP contribution >= 0.6 is 0 Å². The SMILES string of the molecule is CCNC(=O)Nc1cc2cccc(Nc3ccccn3)c2cn1. The summed E-state index contributed by atoms with van der Waals surface area (Å²) in [4.78, 5) is 20.1. The molecular weight excluding hydrogens is 290 g/mol. The molecule has 0 unspecified atom stereocenters. The Bertz CT molecular complexity index is 820. The molecule has 0 aliphatic heterocycles. The number of hydrogen-bond acceptors (Lipinski definition) is 4. The molecule has 2 amide bonds. The van der Waals surface area contributed by atoms with Gasteiger partial charge in [0, 0.05) is 30.0 Å². The molecule has 0 aliphatic rings. The van der Waals surface area contributed by atoms with Gasteiger partial charge in [-0.3, -0.25) is 5.32 Å². The van der Waals surface area contributed by atoms with Crippen LogP contribution in [0, 0.1) is 0 Å². The van der Waals surface area contributed by atoms with Crippen molar-refractivity contribution in [3.05, 3.63) is 54.9 Å². The van der Waals surface area contributed by atoms with Crippen molar-refractivity contribution < 1.29 is 4.79 Å². The van der Waals surface area contributed by atoms with Gasteiger partial charge in [0.05, 0.1) is 0 Å². The first-order valence-corrected chi connectivity index (χ1v) is 7.38. The van der Waals surface area contributed by atoms with Gasteiger partial charge in [-0.05, 0) is 36.6 Å². The normalized spacial score (nSPS) is 10.3. The Labute approximate surface area is 134 Å². The quantitative estimate of drug-likeness (QED) is 0.689. The lowest BCUT2D eigenvalue weighted by atomic mass is 10.1. The number of urea groups is 1. The highest BCUT2D eigenvalue weighted by Gasteiger charge is 2.06. The summed E-state index contributed by atoms with van der Waals surface area (Å²) < 4.78 is 0. The Morgan fingerprint density at radius 1 is 1.09 bits per heavy atom. The number of anilines is 3. The molecule has 0 aliphatic carbocycles. The van der Waals surface area contributed by atoms with Gasteiger partial charge in [-0.15, -0.1) is 0 Å². The number of rotatable bonds is 4. The first-order valence-electron chi connectivity index (χ1n) is 7.38. The Morgan fingerprint density at radius 3 is 2.78 bits per heavy atom. The van der Waals surface area contributed by atoms with E-state index in [2.05, 4.69) is 25.9 Å². The number of carbonyl (C=O) groups is 1. The average molecular weight is 307 g/mol. The third-order valence-corrected chi connectivity index (χ3v) is 3.27. The third kappa shape index (κ3) is 3.55. The fourth-order valence-electron chi connectivity index (χ4n) is 2.24. The predicted molar refractivity (Wildman–Crippen MR) is 92.0 cm³/mol. The van der Waals surface area contributed by atoms with E-state index in [0.717, 1.165) is 22.3 Å². The minimum atomic E-state index is -0.262. The van der Waals surface area contributed by atoms with E-state index < -0.39 is 0 Å². The summed E-state index contributed by atoms with van der Waals surface area (Å²) in [6.45, 7) is 2.43. The molecule has 2 heterocycles. The highest BCUT2D eigenvalue weighted by atomic mass is 16.2. The van der Waals surface area contributed by atoms with Crippen molar-refractivity contribution in [3.8, 4) is 0 Å². The molecule has 0 bridgehead atoms. The van der Waals surface area contributed by atoms with Crippen LogP contribution < -0.4 is 16.0 Å². The number of pyridine rings is 2. The van der Waals surface area contributed by atoms with Crippen LogP contribution in [0.15, 0.2) is 54.9 Å². The summed E-state index contributed by atoms with van der Waals surface area (Å²) in [6.07, 6.45) is 3.47. The number of benzene rings is 1. The van der Waals surface area contributed by atoms with Gasteiger partial charge in [0.1, 0.15) is 11.6 Å². The van der Waals surface area contributed by atoms with Gasteiger partial charge in [0.25, 0.3) is 0 Å². The molecule has 6 heteroatoms. The summed E-state index contributed by atoms with van der Waals surface area (Å²) >= 11 is 0. The van der Waals surface area contributed by atoms with Gasteiger partial charge in [0.15, 0.2) is 0 Å². The maximum Gasteiger partial charge on any atom is 0.320 e. The van der Waals surface area contributed by atoms with Crippen molar-refractivity contribution in [2.75, 3.05) is 17.2 Å². The molecule has 1 aromatic carbocycles. The fourth-order valence-corrected chi connectivity index (χ4v) is 2.24. The standard InChI is InChI=1S/C17H17N5O/c1-2-18-17(23)22-16-10-12-6-5-7-14(13(12)11-20-16)21-15-8-3-4-9-19-15/h3-11H,2H2,1H3,(H,19,21)(H2,18,20,22,23). The Hall–Kier alpha value is -3.15. The highest BCUT2D eigenvalue weighted by Crippen LogP contribution is 2.26. The zero-order valence-corrected chi connectivity index (χ0v) is 12.7.